The number of unbranched alkanes of at least 4 members (excludes halogenated alkanes) is 4. The standard InChI is InChI=1S/C10H15N.C9H14O/c1-2-3-4-7-10-8-5-6-9-11-10;1-2-3-4-5-6-7-8-9-10/h5-6,8-9H,2-4,7H2,1H3;5-9H,2-4H2,1H3/b;6-5+,8-7+. The minimum atomic E-state index is 0.782. The first-order valence-electron chi connectivity index (χ1n) is 8.02. The quantitative estimate of drug-likeness (QED) is 0.267. The number of rotatable bonds is 9. The van der Waals surface area contributed by atoms with Crippen LogP contribution in [0.4, 0.5) is 0 Å². The lowest BCUT2D eigenvalue weighted by atomic mass is 10.1. The van der Waals surface area contributed by atoms with Crippen molar-refractivity contribution in [3.63, 3.8) is 0 Å². The van der Waals surface area contributed by atoms with Crippen LogP contribution in [0.1, 0.15) is 58.1 Å². The molecule has 0 spiro atoms. The van der Waals surface area contributed by atoms with Crippen molar-refractivity contribution in [1.29, 1.82) is 0 Å². The third kappa shape index (κ3) is 14.5. The van der Waals surface area contributed by atoms with Crippen LogP contribution in [0.25, 0.3) is 0 Å². The molecule has 0 saturated carbocycles. The van der Waals surface area contributed by atoms with Crippen LogP contribution in [0.3, 0.4) is 0 Å². The van der Waals surface area contributed by atoms with Gasteiger partial charge in [-0.05, 0) is 37.5 Å². The Labute approximate surface area is 130 Å². The Kier molecular flexibility index (Phi) is 15.0. The number of aromatic nitrogens is 1. The summed E-state index contributed by atoms with van der Waals surface area (Å²) in [7, 11) is 0. The predicted molar refractivity (Wildman–Crippen MR) is 91.3 cm³/mol. The molecule has 0 fully saturated rings. The van der Waals surface area contributed by atoms with Gasteiger partial charge >= 0.3 is 0 Å². The highest BCUT2D eigenvalue weighted by Crippen LogP contribution is 2.02. The van der Waals surface area contributed by atoms with E-state index in [1.54, 1.807) is 6.08 Å². The maximum absolute atomic E-state index is 9.77. The first kappa shape index (κ1) is 19.3. The van der Waals surface area contributed by atoms with Gasteiger partial charge in [-0.2, -0.15) is 0 Å². The van der Waals surface area contributed by atoms with E-state index in [1.807, 2.05) is 24.4 Å². The van der Waals surface area contributed by atoms with Crippen molar-refractivity contribution in [3.8, 4) is 0 Å². The van der Waals surface area contributed by atoms with Crippen LogP contribution in [0.15, 0.2) is 48.7 Å². The van der Waals surface area contributed by atoms with Crippen LogP contribution in [0.5, 0.6) is 0 Å². The molecule has 0 atom stereocenters. The summed E-state index contributed by atoms with van der Waals surface area (Å²) in [4.78, 5) is 14.0. The van der Waals surface area contributed by atoms with Crippen LogP contribution in [-0.4, -0.2) is 11.3 Å². The average Bonchev–Trinajstić information content (AvgIpc) is 2.53. The van der Waals surface area contributed by atoms with Gasteiger partial charge in [0.25, 0.3) is 0 Å². The zero-order chi connectivity index (χ0) is 15.6. The van der Waals surface area contributed by atoms with Crippen molar-refractivity contribution in [2.75, 3.05) is 0 Å². The lowest BCUT2D eigenvalue weighted by molar-refractivity contribution is -0.104. The highest BCUT2D eigenvalue weighted by Gasteiger charge is 1.90. The van der Waals surface area contributed by atoms with E-state index in [1.165, 1.54) is 43.9 Å². The maximum Gasteiger partial charge on any atom is 0.142 e. The van der Waals surface area contributed by atoms with Gasteiger partial charge in [0.05, 0.1) is 0 Å². The fourth-order valence-electron chi connectivity index (χ4n) is 1.71. The summed E-state index contributed by atoms with van der Waals surface area (Å²) >= 11 is 0. The minimum Gasteiger partial charge on any atom is -0.299 e. The van der Waals surface area contributed by atoms with Crippen LogP contribution in [-0.2, 0) is 11.2 Å². The van der Waals surface area contributed by atoms with E-state index < -0.39 is 0 Å². The zero-order valence-electron chi connectivity index (χ0n) is 13.5. The second kappa shape index (κ2) is 16.4. The number of hydrogen-bond donors (Lipinski definition) is 0. The lowest BCUT2D eigenvalue weighted by Crippen LogP contribution is -1.87. The molecular formula is C19H29NO. The normalized spacial score (nSPS) is 10.6. The SMILES string of the molecule is CCCC/C=C/C=C/C=O.CCCCCc1ccccn1. The van der Waals surface area contributed by atoms with E-state index in [-0.39, 0.29) is 0 Å². The molecular weight excluding hydrogens is 258 g/mol. The Morgan fingerprint density at radius 1 is 1.00 bits per heavy atom. The second-order valence-electron chi connectivity index (χ2n) is 4.87. The summed E-state index contributed by atoms with van der Waals surface area (Å²) in [5, 5.41) is 0. The molecule has 1 rings (SSSR count). The molecule has 1 aromatic heterocycles. The molecule has 2 heteroatoms. The molecule has 0 aliphatic rings. The second-order valence-corrected chi connectivity index (χ2v) is 4.87. The summed E-state index contributed by atoms with van der Waals surface area (Å²) in [6.07, 6.45) is 18.4. The Hall–Kier alpha value is -1.70. The molecule has 0 amide bonds. The molecule has 1 heterocycles. The van der Waals surface area contributed by atoms with Gasteiger partial charge in [0, 0.05) is 11.9 Å². The van der Waals surface area contributed by atoms with Crippen molar-refractivity contribution in [1.82, 2.24) is 4.98 Å². The Balaban J connectivity index is 0.000000384. The van der Waals surface area contributed by atoms with Gasteiger partial charge in [0.2, 0.25) is 0 Å². The van der Waals surface area contributed by atoms with Crippen molar-refractivity contribution < 1.29 is 4.79 Å². The fraction of sp³-hybridized carbons (Fsp3) is 0.474. The van der Waals surface area contributed by atoms with Crippen molar-refractivity contribution in [2.45, 2.75) is 58.8 Å². The van der Waals surface area contributed by atoms with Crippen LogP contribution in [0.2, 0.25) is 0 Å². The third-order valence-corrected chi connectivity index (χ3v) is 2.92. The minimum absolute atomic E-state index is 0.782. The molecule has 21 heavy (non-hydrogen) atoms. The number of nitrogens with zero attached hydrogens (tertiary/aromatic N) is 1. The van der Waals surface area contributed by atoms with Crippen LogP contribution >= 0.6 is 0 Å². The van der Waals surface area contributed by atoms with E-state index in [9.17, 15) is 4.79 Å². The van der Waals surface area contributed by atoms with Gasteiger partial charge in [0.1, 0.15) is 6.29 Å². The molecule has 0 aliphatic carbocycles. The number of allylic oxidation sites excluding steroid dienone is 4. The predicted octanol–water partition coefficient (Wildman–Crippen LogP) is 5.30. The number of carbonyl (C=O) groups excluding carboxylic acids is 1. The van der Waals surface area contributed by atoms with Crippen molar-refractivity contribution >= 4 is 6.29 Å². The van der Waals surface area contributed by atoms with Gasteiger partial charge < -0.3 is 0 Å². The average molecular weight is 287 g/mol. The molecule has 0 saturated heterocycles. The van der Waals surface area contributed by atoms with E-state index >= 15 is 0 Å². The Morgan fingerprint density at radius 2 is 1.81 bits per heavy atom. The number of hydrogen-bond acceptors (Lipinski definition) is 2. The van der Waals surface area contributed by atoms with E-state index in [0.717, 1.165) is 19.1 Å². The first-order valence-corrected chi connectivity index (χ1v) is 8.02. The summed E-state index contributed by atoms with van der Waals surface area (Å²) in [5.41, 5.74) is 1.22. The molecule has 0 aliphatic heterocycles. The van der Waals surface area contributed by atoms with Gasteiger partial charge in [-0.3, -0.25) is 9.78 Å². The maximum atomic E-state index is 9.77. The highest BCUT2D eigenvalue weighted by molar-refractivity contribution is 5.65. The molecule has 116 valence electrons. The number of aryl methyl sites for hydroxylation is 1. The summed E-state index contributed by atoms with van der Waals surface area (Å²) < 4.78 is 0. The van der Waals surface area contributed by atoms with E-state index in [2.05, 4.69) is 31.0 Å². The smallest absolute Gasteiger partial charge is 0.142 e. The summed E-state index contributed by atoms with van der Waals surface area (Å²) in [6, 6.07) is 6.10. The number of carbonyl (C=O) groups is 1. The van der Waals surface area contributed by atoms with Crippen LogP contribution in [0, 0.1) is 0 Å². The van der Waals surface area contributed by atoms with Gasteiger partial charge in [0.15, 0.2) is 0 Å². The van der Waals surface area contributed by atoms with Crippen molar-refractivity contribution in [2.24, 2.45) is 0 Å². The Morgan fingerprint density at radius 3 is 2.43 bits per heavy atom. The molecule has 2 nitrogen and oxygen atoms in total. The highest BCUT2D eigenvalue weighted by atomic mass is 16.1. The molecule has 0 bridgehead atoms. The summed E-state index contributed by atoms with van der Waals surface area (Å²) in [6.45, 7) is 4.38. The van der Waals surface area contributed by atoms with E-state index in [0.29, 0.717) is 0 Å². The van der Waals surface area contributed by atoms with Crippen LogP contribution < -0.4 is 0 Å². The van der Waals surface area contributed by atoms with Crippen molar-refractivity contribution in [3.05, 3.63) is 54.4 Å². The number of pyridine rings is 1. The molecule has 0 N–H and O–H groups in total. The molecule has 0 unspecified atom stereocenters. The Bertz CT molecular complexity index is 382. The van der Waals surface area contributed by atoms with Gasteiger partial charge in [-0.15, -0.1) is 0 Å². The molecule has 1 aromatic rings. The largest absolute Gasteiger partial charge is 0.299 e. The third-order valence-electron chi connectivity index (χ3n) is 2.92. The topological polar surface area (TPSA) is 30.0 Å². The van der Waals surface area contributed by atoms with Gasteiger partial charge in [-0.1, -0.05) is 63.8 Å². The first-order chi connectivity index (χ1) is 10.3. The summed E-state index contributed by atoms with van der Waals surface area (Å²) in [5.74, 6) is 0. The number of aldehydes is 1. The fourth-order valence-corrected chi connectivity index (χ4v) is 1.71. The molecule has 0 aromatic carbocycles. The zero-order valence-corrected chi connectivity index (χ0v) is 13.5. The molecule has 0 radical (unpaired) electrons. The monoisotopic (exact) mass is 287 g/mol. The van der Waals surface area contributed by atoms with E-state index in [4.69, 9.17) is 0 Å². The lowest BCUT2D eigenvalue weighted by Gasteiger charge is -1.97. The van der Waals surface area contributed by atoms with Gasteiger partial charge in [-0.25, -0.2) is 0 Å².